The minimum Gasteiger partial charge on any atom is -0.326 e. The Balaban J connectivity index is 1.62. The van der Waals surface area contributed by atoms with E-state index in [4.69, 9.17) is 0 Å². The summed E-state index contributed by atoms with van der Waals surface area (Å²) in [7, 11) is 0. The minimum atomic E-state index is -0.519. The molecule has 8 heteroatoms. The number of aryl methyl sites for hydroxylation is 2. The number of benzene rings is 2. The number of carbonyl (C=O) groups excluding carboxylic acids is 1. The fourth-order valence-corrected chi connectivity index (χ4v) is 3.98. The van der Waals surface area contributed by atoms with E-state index in [1.807, 2.05) is 37.3 Å². The molecule has 2 aromatic carbocycles. The van der Waals surface area contributed by atoms with Crippen molar-refractivity contribution in [3.05, 3.63) is 74.4 Å². The summed E-state index contributed by atoms with van der Waals surface area (Å²) in [6.45, 7) is 4.26. The van der Waals surface area contributed by atoms with Gasteiger partial charge in [-0.2, -0.15) is 0 Å². The number of rotatable bonds is 9. The lowest BCUT2D eigenvalue weighted by Gasteiger charge is -2.11. The van der Waals surface area contributed by atoms with Gasteiger partial charge in [0.15, 0.2) is 11.2 Å². The van der Waals surface area contributed by atoms with Crippen LogP contribution in [0.3, 0.4) is 0 Å². The summed E-state index contributed by atoms with van der Waals surface area (Å²) in [5.74, 6) is -0.0398. The van der Waals surface area contributed by atoms with Gasteiger partial charge in [-0.15, -0.1) is 0 Å². The third-order valence-corrected chi connectivity index (χ3v) is 5.93. The third-order valence-electron chi connectivity index (χ3n) is 5.93. The van der Waals surface area contributed by atoms with E-state index in [1.165, 1.54) is 0 Å². The smallest absolute Gasteiger partial charge is 0.326 e. The highest BCUT2D eigenvalue weighted by atomic mass is 16.2. The molecule has 0 unspecified atom stereocenters. The van der Waals surface area contributed by atoms with Crippen LogP contribution in [0.15, 0.2) is 52.1 Å². The van der Waals surface area contributed by atoms with E-state index in [0.717, 1.165) is 41.4 Å². The maximum absolute atomic E-state index is 13.0. The van der Waals surface area contributed by atoms with Crippen LogP contribution in [0.1, 0.15) is 50.2 Å². The quantitative estimate of drug-likeness (QED) is 0.289. The van der Waals surface area contributed by atoms with Crippen LogP contribution in [0.25, 0.3) is 22.2 Å². The number of fused-ring (bicyclic) bond motifs is 2. The predicted octanol–water partition coefficient (Wildman–Crippen LogP) is 4.09. The van der Waals surface area contributed by atoms with Crippen molar-refractivity contribution >= 4 is 33.8 Å². The Labute approximate surface area is 197 Å². The number of amides is 1. The van der Waals surface area contributed by atoms with Gasteiger partial charge in [0.25, 0.3) is 5.56 Å². The molecule has 0 aliphatic rings. The first-order valence-electron chi connectivity index (χ1n) is 11.7. The molecule has 0 saturated carbocycles. The summed E-state index contributed by atoms with van der Waals surface area (Å²) in [5, 5.41) is 2.95. The molecule has 0 atom stereocenters. The largest absolute Gasteiger partial charge is 0.330 e. The van der Waals surface area contributed by atoms with Crippen molar-refractivity contribution in [2.75, 3.05) is 5.32 Å². The minimum absolute atomic E-state index is 0.0398. The maximum atomic E-state index is 13.0. The second-order valence-electron chi connectivity index (χ2n) is 8.56. The topological polar surface area (TPSA) is 110 Å². The lowest BCUT2D eigenvalue weighted by molar-refractivity contribution is -0.116. The first-order chi connectivity index (χ1) is 16.5. The van der Waals surface area contributed by atoms with E-state index >= 15 is 0 Å². The van der Waals surface area contributed by atoms with E-state index in [-0.39, 0.29) is 23.6 Å². The Morgan fingerprint density at radius 2 is 1.79 bits per heavy atom. The zero-order chi connectivity index (χ0) is 24.1. The molecule has 34 heavy (non-hydrogen) atoms. The molecule has 0 radical (unpaired) electrons. The molecule has 0 aliphatic carbocycles. The normalized spacial score (nSPS) is 11.2. The average molecular weight is 460 g/mol. The Morgan fingerprint density at radius 3 is 2.56 bits per heavy atom. The first kappa shape index (κ1) is 23.4. The van der Waals surface area contributed by atoms with Crippen LogP contribution < -0.4 is 16.6 Å². The SMILES string of the molecule is CCCCCCC(=O)Nc1cc2nc3[nH]c(=O)n(CCc4ccccc4)c(=O)c3nc2cc1C. The molecule has 4 rings (SSSR count). The lowest BCUT2D eigenvalue weighted by atomic mass is 10.1. The van der Waals surface area contributed by atoms with Crippen molar-refractivity contribution in [1.29, 1.82) is 0 Å². The molecule has 4 aromatic rings. The summed E-state index contributed by atoms with van der Waals surface area (Å²) >= 11 is 0. The molecule has 0 fully saturated rings. The van der Waals surface area contributed by atoms with Gasteiger partial charge in [0.2, 0.25) is 5.91 Å². The van der Waals surface area contributed by atoms with Crippen molar-refractivity contribution in [1.82, 2.24) is 19.5 Å². The molecule has 2 aromatic heterocycles. The zero-order valence-corrected chi connectivity index (χ0v) is 19.6. The molecule has 2 heterocycles. The molecular weight excluding hydrogens is 430 g/mol. The van der Waals surface area contributed by atoms with E-state index in [1.54, 1.807) is 12.1 Å². The molecule has 0 bridgehead atoms. The number of H-pyrrole nitrogens is 1. The van der Waals surface area contributed by atoms with Crippen LogP contribution in [0.4, 0.5) is 5.69 Å². The second kappa shape index (κ2) is 10.4. The zero-order valence-electron chi connectivity index (χ0n) is 19.6. The number of nitrogens with one attached hydrogen (secondary N) is 2. The monoisotopic (exact) mass is 459 g/mol. The van der Waals surface area contributed by atoms with E-state index in [9.17, 15) is 14.4 Å². The van der Waals surface area contributed by atoms with Gasteiger partial charge < -0.3 is 5.32 Å². The Bertz CT molecular complexity index is 1440. The number of unbranched alkanes of at least 4 members (excludes halogenated alkanes) is 3. The number of nitrogens with zero attached hydrogens (tertiary/aromatic N) is 3. The molecular formula is C26H29N5O3. The standard InChI is InChI=1S/C26H29N5O3/c1-3-4-5-9-12-22(32)27-19-16-21-20(15-17(19)2)28-23-24(29-21)30-26(34)31(25(23)33)14-13-18-10-7-6-8-11-18/h6-8,10-11,15-16H,3-5,9,12-14H2,1-2H3,(H,27,32)(H,29,30,34). The molecule has 0 saturated heterocycles. The summed E-state index contributed by atoms with van der Waals surface area (Å²) in [5.41, 5.74) is 2.82. The van der Waals surface area contributed by atoms with E-state index in [0.29, 0.717) is 29.6 Å². The molecule has 0 aliphatic heterocycles. The highest BCUT2D eigenvalue weighted by Crippen LogP contribution is 2.22. The van der Waals surface area contributed by atoms with E-state index in [2.05, 4.69) is 27.2 Å². The van der Waals surface area contributed by atoms with Gasteiger partial charge in [-0.1, -0.05) is 56.5 Å². The van der Waals surface area contributed by atoms with Crippen LogP contribution in [0, 0.1) is 6.92 Å². The van der Waals surface area contributed by atoms with Crippen LogP contribution in [-0.2, 0) is 17.8 Å². The van der Waals surface area contributed by atoms with Crippen molar-refractivity contribution in [2.24, 2.45) is 0 Å². The van der Waals surface area contributed by atoms with E-state index < -0.39 is 11.2 Å². The van der Waals surface area contributed by atoms with Crippen LogP contribution in [0.2, 0.25) is 0 Å². The first-order valence-corrected chi connectivity index (χ1v) is 11.7. The fraction of sp³-hybridized carbons (Fsp3) is 0.346. The van der Waals surface area contributed by atoms with Crippen molar-refractivity contribution in [3.63, 3.8) is 0 Å². The van der Waals surface area contributed by atoms with Gasteiger partial charge >= 0.3 is 5.69 Å². The number of carbonyl (C=O) groups is 1. The van der Waals surface area contributed by atoms with Crippen molar-refractivity contribution in [3.8, 4) is 0 Å². The molecule has 2 N–H and O–H groups in total. The van der Waals surface area contributed by atoms with Gasteiger partial charge in [-0.25, -0.2) is 14.8 Å². The number of hydrogen-bond acceptors (Lipinski definition) is 5. The van der Waals surface area contributed by atoms with Gasteiger partial charge in [-0.05, 0) is 43.0 Å². The molecule has 0 spiro atoms. The van der Waals surface area contributed by atoms with Crippen molar-refractivity contribution in [2.45, 2.75) is 58.9 Å². The van der Waals surface area contributed by atoms with Crippen molar-refractivity contribution < 1.29 is 4.79 Å². The van der Waals surface area contributed by atoms with Gasteiger partial charge in [0, 0.05) is 18.7 Å². The number of hydrogen-bond donors (Lipinski definition) is 2. The number of aromatic nitrogens is 4. The van der Waals surface area contributed by atoms with Gasteiger partial charge in [0.1, 0.15) is 0 Å². The van der Waals surface area contributed by atoms with Crippen LogP contribution in [-0.4, -0.2) is 25.4 Å². The molecule has 8 nitrogen and oxygen atoms in total. The molecule has 176 valence electrons. The Morgan fingerprint density at radius 1 is 1.03 bits per heavy atom. The molecule has 1 amide bonds. The highest BCUT2D eigenvalue weighted by molar-refractivity contribution is 5.95. The predicted molar refractivity (Wildman–Crippen MR) is 134 cm³/mol. The Hall–Kier alpha value is -3.81. The fourth-order valence-electron chi connectivity index (χ4n) is 3.98. The number of aromatic amines is 1. The third kappa shape index (κ3) is 5.22. The summed E-state index contributed by atoms with van der Waals surface area (Å²) < 4.78 is 1.16. The van der Waals surface area contributed by atoms with Gasteiger partial charge in [0.05, 0.1) is 11.0 Å². The second-order valence-corrected chi connectivity index (χ2v) is 8.56. The highest BCUT2D eigenvalue weighted by Gasteiger charge is 2.14. The summed E-state index contributed by atoms with van der Waals surface area (Å²) in [6, 6.07) is 13.2. The Kier molecular flexibility index (Phi) is 7.15. The summed E-state index contributed by atoms with van der Waals surface area (Å²) in [6.07, 6.45) is 5.16. The van der Waals surface area contributed by atoms with Crippen LogP contribution in [0.5, 0.6) is 0 Å². The van der Waals surface area contributed by atoms with Gasteiger partial charge in [-0.3, -0.25) is 19.1 Å². The summed E-state index contributed by atoms with van der Waals surface area (Å²) in [4.78, 5) is 49.6. The maximum Gasteiger partial charge on any atom is 0.330 e. The van der Waals surface area contributed by atoms with Crippen LogP contribution >= 0.6 is 0 Å². The average Bonchev–Trinajstić information content (AvgIpc) is 2.82. The number of anilines is 1. The lowest BCUT2D eigenvalue weighted by Crippen LogP contribution is -2.36.